The van der Waals surface area contributed by atoms with E-state index in [-0.39, 0.29) is 5.54 Å². The van der Waals surface area contributed by atoms with E-state index in [0.29, 0.717) is 12.1 Å². The molecule has 2 aliphatic rings. The Morgan fingerprint density at radius 1 is 1.23 bits per heavy atom. The van der Waals surface area contributed by atoms with Gasteiger partial charge in [0.05, 0.1) is 6.04 Å². The van der Waals surface area contributed by atoms with Crippen molar-refractivity contribution in [3.05, 3.63) is 0 Å². The van der Waals surface area contributed by atoms with E-state index in [1.807, 2.05) is 0 Å². The summed E-state index contributed by atoms with van der Waals surface area (Å²) in [5.74, 6) is 0. The van der Waals surface area contributed by atoms with Gasteiger partial charge in [0.2, 0.25) is 0 Å². The highest BCUT2D eigenvalue weighted by molar-refractivity contribution is 4.98. The van der Waals surface area contributed by atoms with Crippen molar-refractivity contribution in [2.75, 3.05) is 19.8 Å². The lowest BCUT2D eigenvalue weighted by molar-refractivity contribution is 0.0570. The quantitative estimate of drug-likeness (QED) is 0.474. The van der Waals surface area contributed by atoms with Gasteiger partial charge in [0.15, 0.2) is 0 Å². The molecule has 0 aromatic rings. The second-order valence-electron chi connectivity index (χ2n) is 4.91. The SMILES string of the molecule is CC(C)(C)N1NCC2NCNCC21. The number of fused-ring (bicyclic) bond motifs is 1. The molecule has 0 aromatic carbocycles. The molecule has 2 saturated heterocycles. The molecule has 4 nitrogen and oxygen atoms in total. The zero-order chi connectivity index (χ0) is 9.47. The second-order valence-corrected chi connectivity index (χ2v) is 4.91. The fraction of sp³-hybridized carbons (Fsp3) is 1.00. The molecule has 0 spiro atoms. The summed E-state index contributed by atoms with van der Waals surface area (Å²) in [6, 6.07) is 1.20. The first-order valence-corrected chi connectivity index (χ1v) is 5.06. The van der Waals surface area contributed by atoms with Crippen LogP contribution in [0.15, 0.2) is 0 Å². The highest BCUT2D eigenvalue weighted by Crippen LogP contribution is 2.21. The van der Waals surface area contributed by atoms with Gasteiger partial charge in [0, 0.05) is 31.3 Å². The summed E-state index contributed by atoms with van der Waals surface area (Å²) in [5.41, 5.74) is 3.68. The number of rotatable bonds is 0. The van der Waals surface area contributed by atoms with Crippen molar-refractivity contribution in [2.45, 2.75) is 38.4 Å². The van der Waals surface area contributed by atoms with Crippen LogP contribution < -0.4 is 16.1 Å². The minimum Gasteiger partial charge on any atom is -0.303 e. The van der Waals surface area contributed by atoms with Gasteiger partial charge >= 0.3 is 0 Å². The van der Waals surface area contributed by atoms with Crippen LogP contribution in [0.1, 0.15) is 20.8 Å². The van der Waals surface area contributed by atoms with Crippen molar-refractivity contribution in [3.63, 3.8) is 0 Å². The maximum atomic E-state index is 3.47. The molecule has 0 aromatic heterocycles. The van der Waals surface area contributed by atoms with E-state index in [0.717, 1.165) is 19.8 Å². The molecule has 0 bridgehead atoms. The average molecular weight is 184 g/mol. The zero-order valence-electron chi connectivity index (χ0n) is 8.72. The third-order valence-corrected chi connectivity index (χ3v) is 2.84. The van der Waals surface area contributed by atoms with Crippen LogP contribution in [0.25, 0.3) is 0 Å². The Morgan fingerprint density at radius 3 is 2.69 bits per heavy atom. The molecule has 2 aliphatic heterocycles. The van der Waals surface area contributed by atoms with Crippen LogP contribution >= 0.6 is 0 Å². The van der Waals surface area contributed by atoms with Crippen LogP contribution in [0.2, 0.25) is 0 Å². The number of nitrogens with zero attached hydrogens (tertiary/aromatic N) is 1. The van der Waals surface area contributed by atoms with Crippen molar-refractivity contribution < 1.29 is 0 Å². The molecule has 2 unspecified atom stereocenters. The first-order chi connectivity index (χ1) is 6.09. The third-order valence-electron chi connectivity index (χ3n) is 2.84. The van der Waals surface area contributed by atoms with Crippen LogP contribution in [0, 0.1) is 0 Å². The molecular weight excluding hydrogens is 164 g/mol. The average Bonchev–Trinajstić information content (AvgIpc) is 2.45. The van der Waals surface area contributed by atoms with E-state index < -0.39 is 0 Å². The molecule has 3 N–H and O–H groups in total. The summed E-state index contributed by atoms with van der Waals surface area (Å²) in [4.78, 5) is 0. The van der Waals surface area contributed by atoms with E-state index in [1.54, 1.807) is 0 Å². The molecule has 0 amide bonds. The van der Waals surface area contributed by atoms with Crippen LogP contribution in [-0.2, 0) is 0 Å². The molecule has 0 radical (unpaired) electrons. The Hall–Kier alpha value is -0.160. The van der Waals surface area contributed by atoms with Crippen molar-refractivity contribution in [1.29, 1.82) is 0 Å². The maximum absolute atomic E-state index is 3.47. The second kappa shape index (κ2) is 3.20. The topological polar surface area (TPSA) is 39.3 Å². The van der Waals surface area contributed by atoms with Gasteiger partial charge in [-0.05, 0) is 20.8 Å². The molecular formula is C9H20N4. The lowest BCUT2D eigenvalue weighted by atomic mass is 10.0. The largest absolute Gasteiger partial charge is 0.303 e. The number of hydrazine groups is 1. The van der Waals surface area contributed by atoms with E-state index in [2.05, 4.69) is 41.8 Å². The van der Waals surface area contributed by atoms with Crippen molar-refractivity contribution >= 4 is 0 Å². The number of nitrogens with one attached hydrogen (secondary N) is 3. The van der Waals surface area contributed by atoms with Crippen molar-refractivity contribution in [3.8, 4) is 0 Å². The predicted molar refractivity (Wildman–Crippen MR) is 53.2 cm³/mol. The third kappa shape index (κ3) is 1.72. The minimum absolute atomic E-state index is 0.208. The summed E-state index contributed by atoms with van der Waals surface area (Å²) in [5, 5.41) is 9.21. The summed E-state index contributed by atoms with van der Waals surface area (Å²) in [7, 11) is 0. The molecule has 2 atom stereocenters. The van der Waals surface area contributed by atoms with Gasteiger partial charge in [-0.2, -0.15) is 0 Å². The van der Waals surface area contributed by atoms with Gasteiger partial charge in [0.25, 0.3) is 0 Å². The van der Waals surface area contributed by atoms with Crippen LogP contribution in [0.3, 0.4) is 0 Å². The Balaban J connectivity index is 2.07. The first kappa shape index (κ1) is 9.40. The lowest BCUT2D eigenvalue weighted by Gasteiger charge is -2.39. The summed E-state index contributed by atoms with van der Waals surface area (Å²) in [6.45, 7) is 9.83. The number of hydrogen-bond donors (Lipinski definition) is 3. The Bertz CT molecular complexity index is 187. The fourth-order valence-electron chi connectivity index (χ4n) is 2.23. The standard InChI is InChI=1S/C9H20N4/c1-9(2,3)13-8-5-10-6-11-7(8)4-12-13/h7-8,10-12H,4-6H2,1-3H3. The highest BCUT2D eigenvalue weighted by Gasteiger charge is 2.40. The van der Waals surface area contributed by atoms with Crippen LogP contribution in [0.5, 0.6) is 0 Å². The first-order valence-electron chi connectivity index (χ1n) is 5.06. The van der Waals surface area contributed by atoms with E-state index in [1.165, 1.54) is 0 Å². The molecule has 0 aliphatic carbocycles. The van der Waals surface area contributed by atoms with Crippen LogP contribution in [-0.4, -0.2) is 42.4 Å². The smallest absolute Gasteiger partial charge is 0.0541 e. The lowest BCUT2D eigenvalue weighted by Crippen LogP contribution is -2.60. The zero-order valence-corrected chi connectivity index (χ0v) is 8.72. The highest BCUT2D eigenvalue weighted by atomic mass is 15.6. The summed E-state index contributed by atoms with van der Waals surface area (Å²) < 4.78 is 0. The molecule has 2 fully saturated rings. The molecule has 4 heteroatoms. The van der Waals surface area contributed by atoms with Crippen molar-refractivity contribution in [2.24, 2.45) is 0 Å². The summed E-state index contributed by atoms with van der Waals surface area (Å²) in [6.07, 6.45) is 0. The molecule has 76 valence electrons. The maximum Gasteiger partial charge on any atom is 0.0541 e. The van der Waals surface area contributed by atoms with Crippen molar-refractivity contribution in [1.82, 2.24) is 21.1 Å². The molecule has 0 saturated carbocycles. The predicted octanol–water partition coefficient (Wildman–Crippen LogP) is -0.507. The van der Waals surface area contributed by atoms with E-state index >= 15 is 0 Å². The van der Waals surface area contributed by atoms with Gasteiger partial charge in [-0.3, -0.25) is 10.7 Å². The molecule has 13 heavy (non-hydrogen) atoms. The Labute approximate surface area is 80.0 Å². The minimum atomic E-state index is 0.208. The van der Waals surface area contributed by atoms with Gasteiger partial charge < -0.3 is 5.32 Å². The number of hydrogen-bond acceptors (Lipinski definition) is 4. The van der Waals surface area contributed by atoms with E-state index in [9.17, 15) is 0 Å². The van der Waals surface area contributed by atoms with E-state index in [4.69, 9.17) is 0 Å². The van der Waals surface area contributed by atoms with Crippen LogP contribution in [0.4, 0.5) is 0 Å². The fourth-order valence-corrected chi connectivity index (χ4v) is 2.23. The normalized spacial score (nSPS) is 36.2. The van der Waals surface area contributed by atoms with Gasteiger partial charge in [-0.25, -0.2) is 5.01 Å². The van der Waals surface area contributed by atoms with Gasteiger partial charge in [-0.1, -0.05) is 0 Å². The molecule has 2 heterocycles. The van der Waals surface area contributed by atoms with Gasteiger partial charge in [0.1, 0.15) is 0 Å². The monoisotopic (exact) mass is 184 g/mol. The Morgan fingerprint density at radius 2 is 2.00 bits per heavy atom. The van der Waals surface area contributed by atoms with Gasteiger partial charge in [-0.15, -0.1) is 0 Å². The summed E-state index contributed by atoms with van der Waals surface area (Å²) >= 11 is 0. The Kier molecular flexibility index (Phi) is 2.32. The molecule has 2 rings (SSSR count).